The van der Waals surface area contributed by atoms with Crippen LogP contribution in [0.15, 0.2) is 75.9 Å². The Bertz CT molecular complexity index is 1520. The van der Waals surface area contributed by atoms with Gasteiger partial charge in [0.1, 0.15) is 17.8 Å². The zero-order chi connectivity index (χ0) is 22.9. The van der Waals surface area contributed by atoms with Crippen molar-refractivity contribution >= 4 is 43.7 Å². The van der Waals surface area contributed by atoms with E-state index in [2.05, 4.69) is 0 Å². The zero-order valence-corrected chi connectivity index (χ0v) is 19.0. The van der Waals surface area contributed by atoms with Crippen LogP contribution in [0.4, 0.5) is 5.13 Å². The van der Waals surface area contributed by atoms with Crippen LogP contribution >= 0.6 is 11.3 Å². The number of aryl methyl sites for hydroxylation is 1. The number of methoxy groups -OCH3 is 1. The van der Waals surface area contributed by atoms with E-state index < -0.39 is 5.76 Å². The molecule has 0 saturated carbocycles. The van der Waals surface area contributed by atoms with Crippen LogP contribution < -0.4 is 15.4 Å². The van der Waals surface area contributed by atoms with Gasteiger partial charge >= 0.3 is 5.76 Å². The summed E-state index contributed by atoms with van der Waals surface area (Å²) in [5.74, 6) is -0.170. The van der Waals surface area contributed by atoms with E-state index in [0.29, 0.717) is 34.0 Å². The zero-order valence-electron chi connectivity index (χ0n) is 18.1. The van der Waals surface area contributed by atoms with Crippen molar-refractivity contribution in [1.82, 2.24) is 9.55 Å². The Labute approximate surface area is 193 Å². The molecule has 0 aliphatic rings. The lowest BCUT2D eigenvalue weighted by atomic mass is 10.2. The number of thiazole rings is 1. The number of hydrogen-bond donors (Lipinski definition) is 0. The van der Waals surface area contributed by atoms with Gasteiger partial charge in [-0.15, -0.1) is 0 Å². The molecule has 33 heavy (non-hydrogen) atoms. The standard InChI is InChI=1S/C25H21N3O4S/c1-16-12-13-20(31-2)22-23(16)33-24(26-22)28(14-17-8-4-3-5-9-17)21(29)15-27-18-10-6-7-11-19(18)32-25(27)30/h3-13H,14-15H2,1-2H3. The minimum atomic E-state index is -0.564. The number of nitrogens with zero attached hydrogens (tertiary/aromatic N) is 3. The minimum Gasteiger partial charge on any atom is -0.494 e. The Morgan fingerprint density at radius 3 is 2.64 bits per heavy atom. The molecule has 0 aliphatic carbocycles. The van der Waals surface area contributed by atoms with Crippen molar-refractivity contribution < 1.29 is 13.9 Å². The first-order valence-corrected chi connectivity index (χ1v) is 11.2. The molecule has 3 aromatic carbocycles. The summed E-state index contributed by atoms with van der Waals surface area (Å²) in [7, 11) is 1.60. The number of rotatable bonds is 6. The maximum absolute atomic E-state index is 13.6. The van der Waals surface area contributed by atoms with E-state index in [-0.39, 0.29) is 12.5 Å². The lowest BCUT2D eigenvalue weighted by Crippen LogP contribution is -2.35. The van der Waals surface area contributed by atoms with Crippen LogP contribution in [0.25, 0.3) is 21.3 Å². The molecular formula is C25H21N3O4S. The van der Waals surface area contributed by atoms with Crippen LogP contribution in [0.1, 0.15) is 11.1 Å². The predicted octanol–water partition coefficient (Wildman–Crippen LogP) is 4.75. The summed E-state index contributed by atoms with van der Waals surface area (Å²) in [5, 5.41) is 0.548. The number of amides is 1. The van der Waals surface area contributed by atoms with E-state index in [4.69, 9.17) is 14.1 Å². The van der Waals surface area contributed by atoms with Crippen molar-refractivity contribution in [3.63, 3.8) is 0 Å². The van der Waals surface area contributed by atoms with Crippen LogP contribution in [-0.2, 0) is 17.9 Å². The summed E-state index contributed by atoms with van der Waals surface area (Å²) in [6.07, 6.45) is 0. The highest BCUT2D eigenvalue weighted by Crippen LogP contribution is 2.37. The molecule has 0 N–H and O–H groups in total. The number of ether oxygens (including phenoxy) is 1. The van der Waals surface area contributed by atoms with Crippen molar-refractivity contribution in [1.29, 1.82) is 0 Å². The van der Waals surface area contributed by atoms with Crippen molar-refractivity contribution in [2.24, 2.45) is 0 Å². The third-order valence-electron chi connectivity index (χ3n) is 5.49. The Balaban J connectivity index is 1.58. The molecule has 0 radical (unpaired) electrons. The molecule has 0 atom stereocenters. The smallest absolute Gasteiger partial charge is 0.420 e. The molecule has 0 saturated heterocycles. The molecule has 5 aromatic rings. The van der Waals surface area contributed by atoms with E-state index >= 15 is 0 Å². The molecule has 0 fully saturated rings. The number of hydrogen-bond acceptors (Lipinski definition) is 6. The summed E-state index contributed by atoms with van der Waals surface area (Å²) in [6.45, 7) is 2.17. The first kappa shape index (κ1) is 21.0. The van der Waals surface area contributed by atoms with Gasteiger partial charge in [-0.3, -0.25) is 14.3 Å². The van der Waals surface area contributed by atoms with Crippen LogP contribution in [0.2, 0.25) is 0 Å². The largest absolute Gasteiger partial charge is 0.494 e. The summed E-state index contributed by atoms with van der Waals surface area (Å²) in [4.78, 5) is 32.4. The van der Waals surface area contributed by atoms with E-state index in [1.54, 1.807) is 30.2 Å². The first-order chi connectivity index (χ1) is 16.0. The maximum atomic E-state index is 13.6. The number of anilines is 1. The monoisotopic (exact) mass is 459 g/mol. The second-order valence-corrected chi connectivity index (χ2v) is 8.62. The second-order valence-electron chi connectivity index (χ2n) is 7.65. The fourth-order valence-electron chi connectivity index (χ4n) is 3.79. The van der Waals surface area contributed by atoms with Crippen molar-refractivity contribution in [2.45, 2.75) is 20.0 Å². The molecular weight excluding hydrogens is 438 g/mol. The molecule has 0 bridgehead atoms. The number of oxazole rings is 1. The molecule has 7 nitrogen and oxygen atoms in total. The van der Waals surface area contributed by atoms with Gasteiger partial charge in [-0.05, 0) is 36.2 Å². The van der Waals surface area contributed by atoms with Gasteiger partial charge in [-0.1, -0.05) is 59.9 Å². The number of carbonyl (C=O) groups excluding carboxylic acids is 1. The number of aromatic nitrogens is 2. The summed E-state index contributed by atoms with van der Waals surface area (Å²) < 4.78 is 13.1. The van der Waals surface area contributed by atoms with Crippen LogP contribution in [0.3, 0.4) is 0 Å². The van der Waals surface area contributed by atoms with E-state index in [9.17, 15) is 9.59 Å². The molecule has 5 rings (SSSR count). The lowest BCUT2D eigenvalue weighted by molar-refractivity contribution is -0.119. The maximum Gasteiger partial charge on any atom is 0.420 e. The van der Waals surface area contributed by atoms with Gasteiger partial charge in [0, 0.05) is 0 Å². The number of carbonyl (C=O) groups is 1. The number of benzene rings is 3. The topological polar surface area (TPSA) is 77.6 Å². The van der Waals surface area contributed by atoms with Gasteiger partial charge in [-0.2, -0.15) is 0 Å². The second kappa shape index (κ2) is 8.55. The molecule has 0 spiro atoms. The Morgan fingerprint density at radius 1 is 1.09 bits per heavy atom. The Kier molecular flexibility index (Phi) is 5.43. The van der Waals surface area contributed by atoms with Crippen LogP contribution in [0.5, 0.6) is 5.75 Å². The third-order valence-corrected chi connectivity index (χ3v) is 6.71. The number of fused-ring (bicyclic) bond motifs is 2. The molecule has 1 amide bonds. The quantitative estimate of drug-likeness (QED) is 0.366. The third kappa shape index (κ3) is 3.89. The first-order valence-electron chi connectivity index (χ1n) is 10.4. The highest BCUT2D eigenvalue weighted by atomic mass is 32.1. The summed E-state index contributed by atoms with van der Waals surface area (Å²) in [5.41, 5.74) is 3.76. The van der Waals surface area contributed by atoms with Gasteiger partial charge in [0.05, 0.1) is 23.9 Å². The van der Waals surface area contributed by atoms with Gasteiger partial charge in [0.2, 0.25) is 5.91 Å². The van der Waals surface area contributed by atoms with Crippen LogP contribution in [-0.4, -0.2) is 22.6 Å². The number of para-hydroxylation sites is 2. The van der Waals surface area contributed by atoms with E-state index in [1.165, 1.54) is 15.9 Å². The van der Waals surface area contributed by atoms with Gasteiger partial charge in [0.25, 0.3) is 0 Å². The van der Waals surface area contributed by atoms with Gasteiger partial charge < -0.3 is 9.15 Å². The van der Waals surface area contributed by atoms with Gasteiger partial charge in [0.15, 0.2) is 10.7 Å². The Hall–Kier alpha value is -3.91. The fraction of sp³-hybridized carbons (Fsp3) is 0.160. The molecule has 2 aromatic heterocycles. The molecule has 166 valence electrons. The normalized spacial score (nSPS) is 11.2. The van der Waals surface area contributed by atoms with Crippen molar-refractivity contribution in [3.05, 3.63) is 88.4 Å². The highest BCUT2D eigenvalue weighted by Gasteiger charge is 2.24. The molecule has 0 aliphatic heterocycles. The van der Waals surface area contributed by atoms with Crippen molar-refractivity contribution in [2.75, 3.05) is 12.0 Å². The summed E-state index contributed by atoms with van der Waals surface area (Å²) in [6, 6.07) is 20.6. The average molecular weight is 460 g/mol. The average Bonchev–Trinajstić information content (AvgIpc) is 3.41. The summed E-state index contributed by atoms with van der Waals surface area (Å²) >= 11 is 1.43. The predicted molar refractivity (Wildman–Crippen MR) is 129 cm³/mol. The van der Waals surface area contributed by atoms with E-state index in [0.717, 1.165) is 15.8 Å². The SMILES string of the molecule is COc1ccc(C)c2sc(N(Cc3ccccc3)C(=O)Cn3c(=O)oc4ccccc43)nc12. The molecule has 8 heteroatoms. The molecule has 0 unspecified atom stereocenters. The molecule has 2 heterocycles. The van der Waals surface area contributed by atoms with Crippen LogP contribution in [0, 0.1) is 6.92 Å². The van der Waals surface area contributed by atoms with Crippen molar-refractivity contribution in [3.8, 4) is 5.75 Å². The Morgan fingerprint density at radius 2 is 1.85 bits per heavy atom. The lowest BCUT2D eigenvalue weighted by Gasteiger charge is -2.20. The minimum absolute atomic E-state index is 0.158. The van der Waals surface area contributed by atoms with E-state index in [1.807, 2.05) is 55.5 Å². The fourth-order valence-corrected chi connectivity index (χ4v) is 4.86. The highest BCUT2D eigenvalue weighted by molar-refractivity contribution is 7.22. The van der Waals surface area contributed by atoms with Gasteiger partial charge in [-0.25, -0.2) is 9.78 Å².